The molecule has 3 aromatic rings. The quantitative estimate of drug-likeness (QED) is 0.584. The lowest BCUT2D eigenvalue weighted by Crippen LogP contribution is -2.06. The molecule has 5 heteroatoms. The first-order chi connectivity index (χ1) is 10.0. The number of anilines is 1. The molecule has 0 bridgehead atoms. The molecule has 3 rings (SSSR count). The highest BCUT2D eigenvalue weighted by Gasteiger charge is 2.13. The van der Waals surface area contributed by atoms with Gasteiger partial charge in [-0.15, -0.1) is 11.3 Å². The van der Waals surface area contributed by atoms with Gasteiger partial charge in [0.15, 0.2) is 0 Å². The highest BCUT2D eigenvalue weighted by Crippen LogP contribution is 2.33. The molecule has 2 nitrogen and oxygen atoms in total. The molecule has 0 amide bonds. The van der Waals surface area contributed by atoms with Crippen LogP contribution in [0.5, 0.6) is 0 Å². The zero-order valence-electron chi connectivity index (χ0n) is 11.7. The van der Waals surface area contributed by atoms with Gasteiger partial charge in [0.2, 0.25) is 0 Å². The molecule has 0 radical (unpaired) electrons. The predicted molar refractivity (Wildman–Crippen MR) is 95.5 cm³/mol. The van der Waals surface area contributed by atoms with Crippen molar-refractivity contribution < 1.29 is 0 Å². The minimum atomic E-state index is 0.123. The van der Waals surface area contributed by atoms with Crippen LogP contribution in [0, 0.1) is 6.92 Å². The summed E-state index contributed by atoms with van der Waals surface area (Å²) >= 11 is 11.5. The van der Waals surface area contributed by atoms with Crippen molar-refractivity contribution in [3.63, 3.8) is 0 Å². The van der Waals surface area contributed by atoms with E-state index < -0.39 is 0 Å². The molecule has 0 spiro atoms. The lowest BCUT2D eigenvalue weighted by atomic mass is 10.2. The van der Waals surface area contributed by atoms with E-state index in [9.17, 15) is 0 Å². The summed E-state index contributed by atoms with van der Waals surface area (Å²) in [5.41, 5.74) is 3.09. The number of aryl methyl sites for hydroxylation is 1. The Kier molecular flexibility index (Phi) is 4.20. The fraction of sp³-hybridized carbons (Fsp3) is 0.188. The third-order valence-corrected chi connectivity index (χ3v) is 5.58. The number of nitrogens with one attached hydrogen (secondary N) is 1. The number of aromatic nitrogens is 1. The SMILES string of the molecule is Cc1cc(Br)c(NC(C)c2nc3ccccc3s2)cc1Cl. The Hall–Kier alpha value is -1.10. The van der Waals surface area contributed by atoms with Crippen LogP contribution in [0.1, 0.15) is 23.5 Å². The van der Waals surface area contributed by atoms with E-state index in [2.05, 4.69) is 39.2 Å². The number of fused-ring (bicyclic) bond motifs is 1. The number of hydrogen-bond donors (Lipinski definition) is 1. The highest BCUT2D eigenvalue weighted by atomic mass is 79.9. The lowest BCUT2D eigenvalue weighted by Gasteiger charge is -2.15. The van der Waals surface area contributed by atoms with Crippen LogP contribution in [0.4, 0.5) is 5.69 Å². The van der Waals surface area contributed by atoms with Crippen molar-refractivity contribution in [1.29, 1.82) is 0 Å². The number of para-hydroxylation sites is 1. The van der Waals surface area contributed by atoms with Crippen molar-refractivity contribution in [3.05, 3.63) is 56.5 Å². The molecule has 0 saturated heterocycles. The van der Waals surface area contributed by atoms with Crippen molar-refractivity contribution in [2.45, 2.75) is 19.9 Å². The molecule has 0 saturated carbocycles. The molecule has 0 aliphatic carbocycles. The fourth-order valence-corrected chi connectivity index (χ4v) is 3.83. The van der Waals surface area contributed by atoms with E-state index in [-0.39, 0.29) is 6.04 Å². The maximum Gasteiger partial charge on any atom is 0.116 e. The smallest absolute Gasteiger partial charge is 0.116 e. The minimum absolute atomic E-state index is 0.123. The maximum absolute atomic E-state index is 6.21. The average molecular weight is 382 g/mol. The highest BCUT2D eigenvalue weighted by molar-refractivity contribution is 9.10. The number of halogens is 2. The van der Waals surface area contributed by atoms with Crippen LogP contribution in [-0.4, -0.2) is 4.98 Å². The van der Waals surface area contributed by atoms with E-state index in [1.54, 1.807) is 11.3 Å². The Balaban J connectivity index is 1.89. The Labute approximate surface area is 141 Å². The van der Waals surface area contributed by atoms with Crippen molar-refractivity contribution in [2.24, 2.45) is 0 Å². The standard InChI is InChI=1S/C16H14BrClN2S/c1-9-7-11(17)14(8-12(9)18)19-10(2)16-20-13-5-3-4-6-15(13)21-16/h3-8,10,19H,1-2H3. The van der Waals surface area contributed by atoms with Gasteiger partial charge in [-0.3, -0.25) is 0 Å². The van der Waals surface area contributed by atoms with Crippen LogP contribution in [0.3, 0.4) is 0 Å². The van der Waals surface area contributed by atoms with Gasteiger partial charge in [0.25, 0.3) is 0 Å². The third-order valence-electron chi connectivity index (χ3n) is 3.30. The van der Waals surface area contributed by atoms with E-state index in [1.807, 2.05) is 37.3 Å². The van der Waals surface area contributed by atoms with E-state index in [4.69, 9.17) is 11.6 Å². The van der Waals surface area contributed by atoms with Gasteiger partial charge in [-0.25, -0.2) is 4.98 Å². The van der Waals surface area contributed by atoms with E-state index >= 15 is 0 Å². The first-order valence-corrected chi connectivity index (χ1v) is 8.61. The average Bonchev–Trinajstić information content (AvgIpc) is 2.88. The van der Waals surface area contributed by atoms with Crippen molar-refractivity contribution in [3.8, 4) is 0 Å². The molecule has 21 heavy (non-hydrogen) atoms. The molecule has 1 heterocycles. The summed E-state index contributed by atoms with van der Waals surface area (Å²) in [7, 11) is 0. The molecule has 1 aromatic heterocycles. The number of thiazole rings is 1. The Morgan fingerprint density at radius 1 is 1.29 bits per heavy atom. The monoisotopic (exact) mass is 380 g/mol. The predicted octanol–water partition coefficient (Wildman–Crippen LogP) is 6.19. The Bertz CT molecular complexity index is 767. The lowest BCUT2D eigenvalue weighted by molar-refractivity contribution is 0.873. The van der Waals surface area contributed by atoms with Crippen molar-refractivity contribution >= 4 is 54.8 Å². The van der Waals surface area contributed by atoms with Gasteiger partial charge in [0.05, 0.1) is 21.9 Å². The molecule has 0 aliphatic heterocycles. The van der Waals surface area contributed by atoms with Gasteiger partial charge in [-0.05, 0) is 59.6 Å². The topological polar surface area (TPSA) is 24.9 Å². The second-order valence-corrected chi connectivity index (χ2v) is 7.29. The summed E-state index contributed by atoms with van der Waals surface area (Å²) in [4.78, 5) is 4.69. The van der Waals surface area contributed by atoms with Gasteiger partial charge in [0.1, 0.15) is 5.01 Å². The molecule has 1 atom stereocenters. The van der Waals surface area contributed by atoms with Crippen molar-refractivity contribution in [1.82, 2.24) is 4.98 Å². The summed E-state index contributed by atoms with van der Waals surface area (Å²) in [6, 6.07) is 12.3. The zero-order valence-corrected chi connectivity index (χ0v) is 14.8. The molecule has 1 unspecified atom stereocenters. The number of benzene rings is 2. The molecule has 1 N–H and O–H groups in total. The van der Waals surface area contributed by atoms with Gasteiger partial charge >= 0.3 is 0 Å². The van der Waals surface area contributed by atoms with Crippen LogP contribution in [-0.2, 0) is 0 Å². The van der Waals surface area contributed by atoms with Crippen molar-refractivity contribution in [2.75, 3.05) is 5.32 Å². The second kappa shape index (κ2) is 5.95. The van der Waals surface area contributed by atoms with Crippen LogP contribution < -0.4 is 5.32 Å². The molecule has 0 fully saturated rings. The first kappa shape index (κ1) is 14.8. The summed E-state index contributed by atoms with van der Waals surface area (Å²) in [6.45, 7) is 4.10. The molecular weight excluding hydrogens is 368 g/mol. The van der Waals surface area contributed by atoms with Crippen LogP contribution in [0.15, 0.2) is 40.9 Å². The van der Waals surface area contributed by atoms with Gasteiger partial charge in [-0.1, -0.05) is 23.7 Å². The molecule has 2 aromatic carbocycles. The fourth-order valence-electron chi connectivity index (χ4n) is 2.13. The van der Waals surface area contributed by atoms with Gasteiger partial charge < -0.3 is 5.32 Å². The summed E-state index contributed by atoms with van der Waals surface area (Å²) in [6.07, 6.45) is 0. The van der Waals surface area contributed by atoms with Crippen LogP contribution in [0.2, 0.25) is 5.02 Å². The Morgan fingerprint density at radius 3 is 2.81 bits per heavy atom. The largest absolute Gasteiger partial charge is 0.375 e. The number of nitrogens with zero attached hydrogens (tertiary/aromatic N) is 1. The molecule has 0 aliphatic rings. The van der Waals surface area contributed by atoms with E-state index in [1.165, 1.54) is 4.70 Å². The summed E-state index contributed by atoms with van der Waals surface area (Å²) < 4.78 is 2.22. The minimum Gasteiger partial charge on any atom is -0.375 e. The van der Waals surface area contributed by atoms with E-state index in [0.29, 0.717) is 0 Å². The normalized spacial score (nSPS) is 12.6. The summed E-state index contributed by atoms with van der Waals surface area (Å²) in [5.74, 6) is 0. The molecule has 108 valence electrons. The van der Waals surface area contributed by atoms with Crippen LogP contribution >= 0.6 is 38.9 Å². The van der Waals surface area contributed by atoms with E-state index in [0.717, 1.165) is 31.3 Å². The zero-order chi connectivity index (χ0) is 15.0. The third kappa shape index (κ3) is 3.07. The Morgan fingerprint density at radius 2 is 2.05 bits per heavy atom. The second-order valence-electron chi connectivity index (χ2n) is 4.97. The maximum atomic E-state index is 6.21. The summed E-state index contributed by atoms with van der Waals surface area (Å²) in [5, 5.41) is 5.30. The van der Waals surface area contributed by atoms with Gasteiger partial charge in [0, 0.05) is 9.50 Å². The number of rotatable bonds is 3. The van der Waals surface area contributed by atoms with Gasteiger partial charge in [-0.2, -0.15) is 0 Å². The van der Waals surface area contributed by atoms with Crippen LogP contribution in [0.25, 0.3) is 10.2 Å². The molecular formula is C16H14BrClN2S. The first-order valence-electron chi connectivity index (χ1n) is 6.62. The number of hydrogen-bond acceptors (Lipinski definition) is 3.